The topological polar surface area (TPSA) is 74.9 Å². The first-order valence-electron chi connectivity index (χ1n) is 12.9. The van der Waals surface area contributed by atoms with Crippen LogP contribution in [0.3, 0.4) is 0 Å². The third-order valence-corrected chi connectivity index (χ3v) is 8.83. The highest BCUT2D eigenvalue weighted by Gasteiger charge is 2.43. The van der Waals surface area contributed by atoms with E-state index in [1.54, 1.807) is 4.90 Å². The predicted molar refractivity (Wildman–Crippen MR) is 149 cm³/mol. The molecule has 0 saturated carbocycles. The number of nitrogens with zero attached hydrogens (tertiary/aromatic N) is 2. The summed E-state index contributed by atoms with van der Waals surface area (Å²) < 4.78 is 12.7. The van der Waals surface area contributed by atoms with Gasteiger partial charge in [-0.1, -0.05) is 18.5 Å². The number of thioether (sulfide) groups is 1. The summed E-state index contributed by atoms with van der Waals surface area (Å²) in [7, 11) is 4.22. The van der Waals surface area contributed by atoms with E-state index in [0.29, 0.717) is 46.7 Å². The minimum Gasteiger partial charge on any atom is -0.448 e. The Balaban J connectivity index is 1.58. The highest BCUT2D eigenvalue weighted by atomic mass is 35.5. The maximum atomic E-state index is 13.7. The van der Waals surface area contributed by atoms with E-state index in [9.17, 15) is 9.59 Å². The van der Waals surface area contributed by atoms with Crippen LogP contribution >= 0.6 is 23.4 Å². The Morgan fingerprint density at radius 1 is 1.24 bits per heavy atom. The molecule has 3 heterocycles. The number of aryl methyl sites for hydroxylation is 1. The molecule has 2 atom stereocenters. The zero-order valence-corrected chi connectivity index (χ0v) is 24.5. The van der Waals surface area contributed by atoms with E-state index < -0.39 is 5.79 Å². The van der Waals surface area contributed by atoms with Crippen LogP contribution in [-0.4, -0.2) is 59.4 Å². The average molecular weight is 548 g/mol. The molecule has 0 bridgehead atoms. The normalized spacial score (nSPS) is 19.5. The molecule has 202 valence electrons. The lowest BCUT2D eigenvalue weighted by Gasteiger charge is -2.31. The molecule has 1 amide bonds. The second kappa shape index (κ2) is 10.9. The Morgan fingerprint density at radius 3 is 2.59 bits per heavy atom. The van der Waals surface area contributed by atoms with Crippen molar-refractivity contribution in [1.82, 2.24) is 14.8 Å². The number of nitrogens with one attached hydrogen (secondary N) is 1. The quantitative estimate of drug-likeness (QED) is 0.414. The molecular weight excluding hydrogens is 510 g/mol. The van der Waals surface area contributed by atoms with Crippen molar-refractivity contribution < 1.29 is 14.3 Å². The standard InChI is InChI=1S/C28H38ClN3O4S/c1-8-18(31(5)6)10-9-12-28(4)35-24-17(3)22-19(23(29)25(24)36-28)11-13-32(27(22)34)15-20-21(37-7)14-16(2)30-26(20)33/h14,18H,8-13,15H2,1-7H3,(H,30,33). The lowest BCUT2D eigenvalue weighted by atomic mass is 9.93. The summed E-state index contributed by atoms with van der Waals surface area (Å²) in [6.45, 7) is 8.63. The van der Waals surface area contributed by atoms with Crippen molar-refractivity contribution >= 4 is 29.3 Å². The summed E-state index contributed by atoms with van der Waals surface area (Å²) in [4.78, 5) is 34.2. The van der Waals surface area contributed by atoms with Crippen LogP contribution in [0, 0.1) is 13.8 Å². The number of rotatable bonds is 9. The summed E-state index contributed by atoms with van der Waals surface area (Å²) in [5.74, 6) is 0.140. The maximum Gasteiger partial charge on any atom is 0.254 e. The molecule has 1 aromatic carbocycles. The molecule has 0 radical (unpaired) electrons. The number of benzene rings is 1. The molecule has 37 heavy (non-hydrogen) atoms. The predicted octanol–water partition coefficient (Wildman–Crippen LogP) is 5.56. The van der Waals surface area contributed by atoms with Gasteiger partial charge in [-0.2, -0.15) is 0 Å². The van der Waals surface area contributed by atoms with Crippen molar-refractivity contribution in [3.8, 4) is 11.5 Å². The number of carbonyl (C=O) groups is 1. The minimum atomic E-state index is -0.823. The van der Waals surface area contributed by atoms with E-state index in [1.807, 2.05) is 33.1 Å². The molecular formula is C28H38ClN3O4S. The average Bonchev–Trinajstić information content (AvgIpc) is 3.20. The number of H-pyrrole nitrogens is 1. The highest BCUT2D eigenvalue weighted by molar-refractivity contribution is 7.98. The molecule has 2 unspecified atom stereocenters. The zero-order chi connectivity index (χ0) is 27.1. The smallest absolute Gasteiger partial charge is 0.254 e. The van der Waals surface area contributed by atoms with E-state index in [0.717, 1.165) is 47.4 Å². The van der Waals surface area contributed by atoms with Gasteiger partial charge in [0.2, 0.25) is 5.79 Å². The summed E-state index contributed by atoms with van der Waals surface area (Å²) >= 11 is 8.36. The van der Waals surface area contributed by atoms with Gasteiger partial charge in [0.15, 0.2) is 11.5 Å². The number of hydrogen-bond donors (Lipinski definition) is 1. The number of ether oxygens (including phenoxy) is 2. The molecule has 9 heteroatoms. The van der Waals surface area contributed by atoms with Crippen LogP contribution in [0.4, 0.5) is 0 Å². The van der Waals surface area contributed by atoms with Crippen molar-refractivity contribution in [2.75, 3.05) is 26.9 Å². The Bertz CT molecular complexity index is 1260. The minimum absolute atomic E-state index is 0.135. The number of fused-ring (bicyclic) bond motifs is 2. The van der Waals surface area contributed by atoms with Crippen LogP contribution in [0.5, 0.6) is 11.5 Å². The third kappa shape index (κ3) is 5.38. The fourth-order valence-corrected chi connectivity index (χ4v) is 6.51. The van der Waals surface area contributed by atoms with Gasteiger partial charge in [0, 0.05) is 42.1 Å². The number of aromatic nitrogens is 1. The first kappa shape index (κ1) is 27.9. The van der Waals surface area contributed by atoms with Crippen LogP contribution in [0.2, 0.25) is 5.02 Å². The second-order valence-electron chi connectivity index (χ2n) is 10.5. The monoisotopic (exact) mass is 547 g/mol. The van der Waals surface area contributed by atoms with Gasteiger partial charge in [-0.25, -0.2) is 0 Å². The van der Waals surface area contributed by atoms with Crippen molar-refractivity contribution in [2.24, 2.45) is 0 Å². The van der Waals surface area contributed by atoms with E-state index in [4.69, 9.17) is 21.1 Å². The second-order valence-corrected chi connectivity index (χ2v) is 11.7. The van der Waals surface area contributed by atoms with Crippen LogP contribution in [0.25, 0.3) is 0 Å². The largest absolute Gasteiger partial charge is 0.448 e. The fourth-order valence-electron chi connectivity index (χ4n) is 5.50. The summed E-state index contributed by atoms with van der Waals surface area (Å²) in [5.41, 5.74) is 3.37. The number of hydrogen-bond acceptors (Lipinski definition) is 6. The van der Waals surface area contributed by atoms with Gasteiger partial charge >= 0.3 is 0 Å². The van der Waals surface area contributed by atoms with Crippen LogP contribution in [0.15, 0.2) is 15.8 Å². The van der Waals surface area contributed by atoms with Gasteiger partial charge in [0.05, 0.1) is 22.7 Å². The number of aromatic amines is 1. The van der Waals surface area contributed by atoms with Crippen LogP contribution < -0.4 is 15.0 Å². The van der Waals surface area contributed by atoms with Crippen molar-refractivity contribution in [2.45, 2.75) is 83.1 Å². The molecule has 0 aliphatic carbocycles. The number of halogens is 1. The highest BCUT2D eigenvalue weighted by Crippen LogP contribution is 2.51. The van der Waals surface area contributed by atoms with Crippen LogP contribution in [-0.2, 0) is 13.0 Å². The lowest BCUT2D eigenvalue weighted by Crippen LogP contribution is -2.39. The first-order chi connectivity index (χ1) is 17.5. The number of pyridine rings is 1. The van der Waals surface area contributed by atoms with Gasteiger partial charge in [-0.3, -0.25) is 9.59 Å². The summed E-state index contributed by atoms with van der Waals surface area (Å²) in [6.07, 6.45) is 6.35. The molecule has 0 spiro atoms. The van der Waals surface area contributed by atoms with E-state index in [2.05, 4.69) is 30.9 Å². The van der Waals surface area contributed by atoms with Gasteiger partial charge in [-0.15, -0.1) is 11.8 Å². The lowest BCUT2D eigenvalue weighted by molar-refractivity contribution is -0.0706. The van der Waals surface area contributed by atoms with E-state index >= 15 is 0 Å². The molecule has 4 rings (SSSR count). The molecule has 2 aromatic rings. The molecule has 1 N–H and O–H groups in total. The number of carbonyl (C=O) groups excluding carboxylic acids is 1. The zero-order valence-electron chi connectivity index (χ0n) is 22.9. The van der Waals surface area contributed by atoms with Gasteiger partial charge < -0.3 is 24.3 Å². The first-order valence-corrected chi connectivity index (χ1v) is 14.5. The molecule has 1 aromatic heterocycles. The fraction of sp³-hybridized carbons (Fsp3) is 0.571. The number of amides is 1. The Hall–Kier alpha value is -2.16. The molecule has 7 nitrogen and oxygen atoms in total. The van der Waals surface area contributed by atoms with Gasteiger partial charge in [-0.05, 0) is 71.5 Å². The summed E-state index contributed by atoms with van der Waals surface area (Å²) in [5, 5.41) is 0.463. The van der Waals surface area contributed by atoms with Crippen molar-refractivity contribution in [1.29, 1.82) is 0 Å². The van der Waals surface area contributed by atoms with E-state index in [-0.39, 0.29) is 18.0 Å². The van der Waals surface area contributed by atoms with Crippen LogP contribution in [0.1, 0.15) is 72.3 Å². The van der Waals surface area contributed by atoms with E-state index in [1.165, 1.54) is 11.8 Å². The SMILES string of the molecule is CCC(CCCC1(C)Oc2c(C)c3c(c(Cl)c2O1)CCN(Cc1c(SC)cc(C)[nH]c1=O)C3=O)N(C)C. The van der Waals surface area contributed by atoms with Crippen molar-refractivity contribution in [3.63, 3.8) is 0 Å². The van der Waals surface area contributed by atoms with Gasteiger partial charge in [0.25, 0.3) is 11.5 Å². The maximum absolute atomic E-state index is 13.7. The Labute approximate surface area is 228 Å². The molecule has 2 aliphatic rings. The Morgan fingerprint density at radius 2 is 1.95 bits per heavy atom. The van der Waals surface area contributed by atoms with Gasteiger partial charge in [0.1, 0.15) is 0 Å². The Kier molecular flexibility index (Phi) is 8.22. The molecule has 0 saturated heterocycles. The molecule has 0 fully saturated rings. The third-order valence-electron chi connectivity index (χ3n) is 7.63. The molecule has 2 aliphatic heterocycles. The van der Waals surface area contributed by atoms with Crippen molar-refractivity contribution in [3.05, 3.63) is 49.4 Å². The summed E-state index contributed by atoms with van der Waals surface area (Å²) in [6, 6.07) is 2.47.